The van der Waals surface area contributed by atoms with Crippen molar-refractivity contribution >= 4 is 5.69 Å². The first-order valence-electron chi connectivity index (χ1n) is 4.98. The van der Waals surface area contributed by atoms with Gasteiger partial charge in [0.05, 0.1) is 0 Å². The van der Waals surface area contributed by atoms with Crippen molar-refractivity contribution in [3.63, 3.8) is 0 Å². The minimum absolute atomic E-state index is 0.239. The van der Waals surface area contributed by atoms with Gasteiger partial charge in [0.1, 0.15) is 11.6 Å². The van der Waals surface area contributed by atoms with E-state index in [-0.39, 0.29) is 11.6 Å². The zero-order valence-electron chi connectivity index (χ0n) is 8.58. The quantitative estimate of drug-likeness (QED) is 0.832. The van der Waals surface area contributed by atoms with E-state index in [1.165, 1.54) is 18.2 Å². The van der Waals surface area contributed by atoms with Gasteiger partial charge in [-0.3, -0.25) is 0 Å². The van der Waals surface area contributed by atoms with E-state index in [0.29, 0.717) is 12.1 Å². The molecule has 0 saturated heterocycles. The van der Waals surface area contributed by atoms with Gasteiger partial charge in [-0.2, -0.15) is 0 Å². The van der Waals surface area contributed by atoms with E-state index in [4.69, 9.17) is 0 Å². The molecule has 0 aliphatic heterocycles. The van der Waals surface area contributed by atoms with E-state index in [2.05, 4.69) is 5.32 Å². The average Bonchev–Trinajstić information content (AvgIpc) is 2.30. The maximum absolute atomic E-state index is 13.3. The van der Waals surface area contributed by atoms with Crippen molar-refractivity contribution in [2.45, 2.75) is 6.54 Å². The Labute approximate surface area is 92.7 Å². The second-order valence-corrected chi connectivity index (χ2v) is 3.45. The van der Waals surface area contributed by atoms with Crippen LogP contribution < -0.4 is 5.32 Å². The van der Waals surface area contributed by atoms with Crippen LogP contribution in [0.4, 0.5) is 14.5 Å². The van der Waals surface area contributed by atoms with Crippen LogP contribution in [0.1, 0.15) is 5.56 Å². The molecule has 1 N–H and O–H groups in total. The first-order chi connectivity index (χ1) is 7.75. The second-order valence-electron chi connectivity index (χ2n) is 3.45. The van der Waals surface area contributed by atoms with E-state index in [1.807, 2.05) is 0 Å². The van der Waals surface area contributed by atoms with E-state index in [0.717, 1.165) is 5.69 Å². The van der Waals surface area contributed by atoms with Crippen molar-refractivity contribution < 1.29 is 8.78 Å². The summed E-state index contributed by atoms with van der Waals surface area (Å²) < 4.78 is 25.9. The average molecular weight is 219 g/mol. The van der Waals surface area contributed by atoms with E-state index >= 15 is 0 Å². The highest BCUT2D eigenvalue weighted by Gasteiger charge is 1.99. The van der Waals surface area contributed by atoms with Gasteiger partial charge in [-0.05, 0) is 30.3 Å². The Morgan fingerprint density at radius 1 is 0.875 bits per heavy atom. The maximum atomic E-state index is 13.3. The van der Waals surface area contributed by atoms with E-state index in [1.54, 1.807) is 30.3 Å². The lowest BCUT2D eigenvalue weighted by atomic mass is 10.2. The fraction of sp³-hybridized carbons (Fsp3) is 0.0769. The van der Waals surface area contributed by atoms with Gasteiger partial charge in [0.2, 0.25) is 0 Å². The normalized spacial score (nSPS) is 10.1. The van der Waals surface area contributed by atoms with Crippen LogP contribution in [-0.4, -0.2) is 0 Å². The standard InChI is InChI=1S/C13H11F2N/c14-11-5-7-12(8-6-11)16-9-10-3-1-2-4-13(10)15/h1-8,16H,9H2. The number of benzene rings is 2. The van der Waals surface area contributed by atoms with Crippen molar-refractivity contribution in [2.24, 2.45) is 0 Å². The molecular formula is C13H11F2N. The highest BCUT2D eigenvalue weighted by atomic mass is 19.1. The van der Waals surface area contributed by atoms with Crippen LogP contribution in [0.15, 0.2) is 48.5 Å². The van der Waals surface area contributed by atoms with Gasteiger partial charge in [0, 0.05) is 17.8 Å². The molecule has 3 heteroatoms. The van der Waals surface area contributed by atoms with Gasteiger partial charge >= 0.3 is 0 Å². The van der Waals surface area contributed by atoms with Crippen LogP contribution in [0, 0.1) is 11.6 Å². The molecule has 0 fully saturated rings. The van der Waals surface area contributed by atoms with Crippen LogP contribution >= 0.6 is 0 Å². The minimum Gasteiger partial charge on any atom is -0.381 e. The fourth-order valence-electron chi connectivity index (χ4n) is 1.41. The number of nitrogens with one attached hydrogen (secondary N) is 1. The van der Waals surface area contributed by atoms with E-state index < -0.39 is 0 Å². The van der Waals surface area contributed by atoms with Crippen LogP contribution in [0.5, 0.6) is 0 Å². The third-order valence-electron chi connectivity index (χ3n) is 2.29. The lowest BCUT2D eigenvalue weighted by molar-refractivity contribution is 0.613. The Morgan fingerprint density at radius 3 is 2.25 bits per heavy atom. The monoisotopic (exact) mass is 219 g/mol. The minimum atomic E-state index is -0.281. The predicted molar refractivity (Wildman–Crippen MR) is 60.1 cm³/mol. The number of hydrogen-bond acceptors (Lipinski definition) is 1. The molecule has 0 amide bonds. The molecule has 0 bridgehead atoms. The van der Waals surface area contributed by atoms with Crippen molar-refractivity contribution in [2.75, 3.05) is 5.32 Å². The Hall–Kier alpha value is -1.90. The maximum Gasteiger partial charge on any atom is 0.128 e. The smallest absolute Gasteiger partial charge is 0.128 e. The highest BCUT2D eigenvalue weighted by molar-refractivity contribution is 5.43. The summed E-state index contributed by atoms with van der Waals surface area (Å²) in [6, 6.07) is 12.5. The topological polar surface area (TPSA) is 12.0 Å². The van der Waals surface area contributed by atoms with Crippen LogP contribution in [0.3, 0.4) is 0 Å². The van der Waals surface area contributed by atoms with Gasteiger partial charge in [-0.25, -0.2) is 8.78 Å². The summed E-state index contributed by atoms with van der Waals surface area (Å²) in [6.45, 7) is 0.387. The summed E-state index contributed by atoms with van der Waals surface area (Å²) in [4.78, 5) is 0. The lowest BCUT2D eigenvalue weighted by Crippen LogP contribution is -2.01. The fourth-order valence-corrected chi connectivity index (χ4v) is 1.41. The molecular weight excluding hydrogens is 208 g/mol. The van der Waals surface area contributed by atoms with Crippen molar-refractivity contribution in [1.82, 2.24) is 0 Å². The van der Waals surface area contributed by atoms with Crippen LogP contribution in [-0.2, 0) is 6.54 Å². The molecule has 2 aromatic carbocycles. The van der Waals surface area contributed by atoms with Gasteiger partial charge in [0.15, 0.2) is 0 Å². The Morgan fingerprint density at radius 2 is 1.56 bits per heavy atom. The van der Waals surface area contributed by atoms with Gasteiger partial charge < -0.3 is 5.32 Å². The summed E-state index contributed by atoms with van der Waals surface area (Å²) in [7, 11) is 0. The van der Waals surface area contributed by atoms with Crippen LogP contribution in [0.2, 0.25) is 0 Å². The number of rotatable bonds is 3. The molecule has 0 spiro atoms. The first kappa shape index (κ1) is 10.6. The largest absolute Gasteiger partial charge is 0.381 e. The third kappa shape index (κ3) is 2.57. The van der Waals surface area contributed by atoms with Gasteiger partial charge in [0.25, 0.3) is 0 Å². The SMILES string of the molecule is Fc1ccc(NCc2ccccc2F)cc1. The highest BCUT2D eigenvalue weighted by Crippen LogP contribution is 2.12. The third-order valence-corrected chi connectivity index (χ3v) is 2.29. The second kappa shape index (κ2) is 4.75. The van der Waals surface area contributed by atoms with Crippen LogP contribution in [0.25, 0.3) is 0 Å². The number of hydrogen-bond donors (Lipinski definition) is 1. The molecule has 0 saturated carbocycles. The predicted octanol–water partition coefficient (Wildman–Crippen LogP) is 3.58. The summed E-state index contributed by atoms with van der Waals surface area (Å²) in [5.74, 6) is -0.520. The molecule has 0 atom stereocenters. The van der Waals surface area contributed by atoms with Gasteiger partial charge in [-0.1, -0.05) is 18.2 Å². The molecule has 0 aliphatic rings. The molecule has 0 aliphatic carbocycles. The summed E-state index contributed by atoms with van der Waals surface area (Å²) in [5, 5.41) is 3.02. The lowest BCUT2D eigenvalue weighted by Gasteiger charge is -2.06. The molecule has 82 valence electrons. The molecule has 16 heavy (non-hydrogen) atoms. The molecule has 0 heterocycles. The zero-order valence-corrected chi connectivity index (χ0v) is 8.58. The first-order valence-corrected chi connectivity index (χ1v) is 4.98. The molecule has 2 aromatic rings. The van der Waals surface area contributed by atoms with Crippen molar-refractivity contribution in [3.8, 4) is 0 Å². The zero-order chi connectivity index (χ0) is 11.4. The van der Waals surface area contributed by atoms with Crippen molar-refractivity contribution in [3.05, 3.63) is 65.7 Å². The molecule has 0 radical (unpaired) electrons. The number of halogens is 2. The summed E-state index contributed by atoms with van der Waals surface area (Å²) in [6.07, 6.45) is 0. The Kier molecular flexibility index (Phi) is 3.15. The van der Waals surface area contributed by atoms with Gasteiger partial charge in [-0.15, -0.1) is 0 Å². The molecule has 0 aromatic heterocycles. The molecule has 0 unspecified atom stereocenters. The Balaban J connectivity index is 2.02. The summed E-state index contributed by atoms with van der Waals surface area (Å²) in [5.41, 5.74) is 1.36. The van der Waals surface area contributed by atoms with Crippen molar-refractivity contribution in [1.29, 1.82) is 0 Å². The van der Waals surface area contributed by atoms with E-state index in [9.17, 15) is 8.78 Å². The molecule has 1 nitrogen and oxygen atoms in total. The number of anilines is 1. The molecule has 2 rings (SSSR count). The summed E-state index contributed by atoms with van der Waals surface area (Å²) >= 11 is 0. The Bertz CT molecular complexity index is 466.